The van der Waals surface area contributed by atoms with Crippen LogP contribution in [0.5, 0.6) is 0 Å². The number of hydrogen-bond donors (Lipinski definition) is 0. The van der Waals surface area contributed by atoms with Crippen molar-refractivity contribution in [2.24, 2.45) is 4.78 Å². The molecule has 0 spiro atoms. The summed E-state index contributed by atoms with van der Waals surface area (Å²) in [6, 6.07) is 0. The molecule has 1 unspecified atom stereocenters. The van der Waals surface area contributed by atoms with Gasteiger partial charge in [-0.25, -0.2) is 0 Å². The van der Waals surface area contributed by atoms with Crippen LogP contribution >= 0.6 is 0 Å². The summed E-state index contributed by atoms with van der Waals surface area (Å²) in [5.74, 6) is 0. The molecule has 0 aromatic rings. The largest absolute Gasteiger partial charge is 0.140 e. The number of azide groups is 1. The summed E-state index contributed by atoms with van der Waals surface area (Å²) in [5, 5.41) is 0. The van der Waals surface area contributed by atoms with Gasteiger partial charge in [-0.15, -0.1) is 4.78 Å². The minimum atomic E-state index is -2.14. The van der Waals surface area contributed by atoms with E-state index in [2.05, 4.69) is 19.5 Å². The van der Waals surface area contributed by atoms with Gasteiger partial charge in [0.15, 0.2) is 0 Å². The van der Waals surface area contributed by atoms with Crippen LogP contribution in [0.15, 0.2) is 4.78 Å². The summed E-state index contributed by atoms with van der Waals surface area (Å²) in [6.07, 6.45) is 0. The molecule has 7 radical (unpaired) electrons. The molecule has 0 N–H and O–H groups in total. The van der Waals surface area contributed by atoms with Crippen molar-refractivity contribution in [1.29, 1.82) is 0 Å². The van der Waals surface area contributed by atoms with Crippen LogP contribution in [0.3, 0.4) is 0 Å². The minimum Gasteiger partial charge on any atom is -0.140 e. The molecular formula is CH3BN3Si3. The summed E-state index contributed by atoms with van der Waals surface area (Å²) in [6.45, 7) is 1.91. The predicted molar refractivity (Wildman–Crippen MR) is 38.0 cm³/mol. The molecule has 0 heterocycles. The first-order valence-electron chi connectivity index (χ1n) is 1.91. The lowest BCUT2D eigenvalue weighted by Crippen LogP contribution is -2.40. The first-order valence-corrected chi connectivity index (χ1v) is 7.94. The molecular weight excluding hydrogens is 149 g/mol. The van der Waals surface area contributed by atoms with E-state index in [0.29, 0.717) is 9.04 Å². The number of hydrogen-bond acceptors (Lipinski definition) is 1. The van der Waals surface area contributed by atoms with Crippen molar-refractivity contribution < 1.29 is 0 Å². The van der Waals surface area contributed by atoms with Crippen LogP contribution in [0.4, 0.5) is 0 Å². The maximum Gasteiger partial charge on any atom is 0.0864 e. The molecule has 0 aliphatic rings. The standard InChI is InChI=1S/CH3BN3Si3/c1-7-8(2,6)5-4-3/h1H3. The summed E-state index contributed by atoms with van der Waals surface area (Å²) < 4.78 is 3.40. The van der Waals surface area contributed by atoms with Crippen LogP contribution in [0.2, 0.25) is 6.55 Å². The molecule has 0 aliphatic carbocycles. The molecule has 0 aromatic heterocycles. The Morgan fingerprint density at radius 2 is 2.50 bits per heavy atom. The summed E-state index contributed by atoms with van der Waals surface area (Å²) in [7, 11) is 7.03. The van der Waals surface area contributed by atoms with Crippen LogP contribution < -0.4 is 0 Å². The van der Waals surface area contributed by atoms with Crippen LogP contribution in [0, 0.1) is 0 Å². The van der Waals surface area contributed by atoms with Gasteiger partial charge in [-0.3, -0.25) is 0 Å². The lowest BCUT2D eigenvalue weighted by molar-refractivity contribution is 1.74. The second-order valence-corrected chi connectivity index (χ2v) is 11.0. The SMILES string of the molecule is [B][Si]([Si])(N=[N+]=[N-])[Si]C. The van der Waals surface area contributed by atoms with Crippen molar-refractivity contribution in [1.82, 2.24) is 0 Å². The van der Waals surface area contributed by atoms with E-state index in [-0.39, 0.29) is 0 Å². The highest BCUT2D eigenvalue weighted by Gasteiger charge is 2.14. The van der Waals surface area contributed by atoms with E-state index >= 15 is 0 Å². The third-order valence-electron chi connectivity index (χ3n) is 0.584. The normalized spacial score (nSPS) is 16.2. The van der Waals surface area contributed by atoms with Crippen molar-refractivity contribution in [3.05, 3.63) is 10.4 Å². The van der Waals surface area contributed by atoms with E-state index in [9.17, 15) is 0 Å². The number of nitrogens with zero attached hydrogens (tertiary/aromatic N) is 3. The first-order chi connectivity index (χ1) is 3.62. The van der Waals surface area contributed by atoms with E-state index in [1.165, 1.54) is 0 Å². The van der Waals surface area contributed by atoms with Gasteiger partial charge >= 0.3 is 0 Å². The fourth-order valence-corrected chi connectivity index (χ4v) is 0.930. The second-order valence-electron chi connectivity index (χ2n) is 1.21. The molecule has 3 nitrogen and oxygen atoms in total. The molecule has 0 bridgehead atoms. The van der Waals surface area contributed by atoms with Gasteiger partial charge in [0.05, 0.1) is 14.6 Å². The van der Waals surface area contributed by atoms with Gasteiger partial charge < -0.3 is 0 Å². The zero-order valence-electron chi connectivity index (χ0n) is 4.42. The Balaban J connectivity index is 3.90. The van der Waals surface area contributed by atoms with Crippen LogP contribution in [-0.4, -0.2) is 33.4 Å². The molecule has 7 heteroatoms. The maximum absolute atomic E-state index is 7.92. The predicted octanol–water partition coefficient (Wildman–Crippen LogP) is -0.178. The molecule has 0 fully saturated rings. The summed E-state index contributed by atoms with van der Waals surface area (Å²) >= 11 is 0. The van der Waals surface area contributed by atoms with Crippen LogP contribution in [0.1, 0.15) is 0 Å². The minimum absolute atomic E-state index is 0.501. The fraction of sp³-hybridized carbons (Fsp3) is 1.00. The Hall–Kier alpha value is 0.0256. The van der Waals surface area contributed by atoms with Crippen molar-refractivity contribution in [3.8, 4) is 0 Å². The van der Waals surface area contributed by atoms with Crippen molar-refractivity contribution in [3.63, 3.8) is 0 Å². The third kappa shape index (κ3) is 3.08. The molecule has 0 aromatic carbocycles. The van der Waals surface area contributed by atoms with E-state index in [4.69, 9.17) is 13.0 Å². The van der Waals surface area contributed by atoms with Crippen molar-refractivity contribution in [2.45, 2.75) is 6.55 Å². The highest BCUT2D eigenvalue weighted by molar-refractivity contribution is 7.62. The average molecular weight is 152 g/mol. The lowest BCUT2D eigenvalue weighted by atomic mass is 10.8. The van der Waals surface area contributed by atoms with Gasteiger partial charge in [-0.05, 0) is 10.4 Å². The second kappa shape index (κ2) is 3.13. The quantitative estimate of drug-likeness (QED) is 0.228. The van der Waals surface area contributed by atoms with E-state index in [1.807, 2.05) is 6.55 Å². The average Bonchev–Trinajstić information content (AvgIpc) is 1.67. The van der Waals surface area contributed by atoms with Gasteiger partial charge in [0.2, 0.25) is 0 Å². The van der Waals surface area contributed by atoms with E-state index in [1.54, 1.807) is 0 Å². The molecule has 0 aliphatic heterocycles. The van der Waals surface area contributed by atoms with Gasteiger partial charge in [0.25, 0.3) is 0 Å². The summed E-state index contributed by atoms with van der Waals surface area (Å²) in [4.78, 5) is 2.60. The third-order valence-corrected chi connectivity index (χ3v) is 6.89. The van der Waals surface area contributed by atoms with Crippen LogP contribution in [0.25, 0.3) is 10.4 Å². The first kappa shape index (κ1) is 8.03. The zero-order chi connectivity index (χ0) is 6.62. The smallest absolute Gasteiger partial charge is 0.0864 e. The molecule has 0 saturated heterocycles. The Morgan fingerprint density at radius 3 is 2.62 bits per heavy atom. The molecule has 0 rings (SSSR count). The highest BCUT2D eigenvalue weighted by Crippen LogP contribution is 1.88. The van der Waals surface area contributed by atoms with Crippen LogP contribution in [-0.2, 0) is 0 Å². The zero-order valence-corrected chi connectivity index (χ0v) is 7.42. The monoisotopic (exact) mass is 152 g/mol. The Kier molecular flexibility index (Phi) is 3.14. The molecule has 0 amide bonds. The lowest BCUT2D eigenvalue weighted by Gasteiger charge is -2.08. The fourth-order valence-electron chi connectivity index (χ4n) is 0.121. The van der Waals surface area contributed by atoms with Gasteiger partial charge in [0, 0.05) is 18.8 Å². The van der Waals surface area contributed by atoms with E-state index in [0.717, 1.165) is 0 Å². The topological polar surface area (TPSA) is 48.8 Å². The van der Waals surface area contributed by atoms with E-state index < -0.39 is 7.14 Å². The Morgan fingerprint density at radius 1 is 2.00 bits per heavy atom. The van der Waals surface area contributed by atoms with Crippen molar-refractivity contribution in [2.75, 3.05) is 0 Å². The molecule has 8 heavy (non-hydrogen) atoms. The Labute approximate surface area is 55.7 Å². The highest BCUT2D eigenvalue weighted by atomic mass is 29.6. The molecule has 0 saturated carbocycles. The molecule has 1 atom stereocenters. The Bertz CT molecular complexity index is 118. The number of rotatable bonds is 2. The summed E-state index contributed by atoms with van der Waals surface area (Å²) in [5.41, 5.74) is 7.92. The van der Waals surface area contributed by atoms with Gasteiger partial charge in [-0.2, -0.15) is 0 Å². The maximum atomic E-state index is 7.92. The van der Waals surface area contributed by atoms with Gasteiger partial charge in [0.1, 0.15) is 0 Å². The molecule has 37 valence electrons. The van der Waals surface area contributed by atoms with Gasteiger partial charge in [-0.1, -0.05) is 6.55 Å². The van der Waals surface area contributed by atoms with Crippen molar-refractivity contribution >= 4 is 33.4 Å².